The average molecular weight is 210 g/mol. The first-order valence-corrected chi connectivity index (χ1v) is 4.68. The zero-order valence-electron chi connectivity index (χ0n) is 9.02. The summed E-state index contributed by atoms with van der Waals surface area (Å²) in [6.07, 6.45) is -1.72. The van der Waals surface area contributed by atoms with Crippen molar-refractivity contribution in [3.8, 4) is 0 Å². The van der Waals surface area contributed by atoms with Crippen molar-refractivity contribution in [2.24, 2.45) is 5.73 Å². The molecule has 0 saturated carbocycles. The quantitative estimate of drug-likeness (QED) is 0.658. The van der Waals surface area contributed by atoms with Crippen LogP contribution in [0.5, 0.6) is 0 Å². The number of rotatable bonds is 7. The Bertz CT molecular complexity index is 154. The Kier molecular flexibility index (Phi) is 6.15. The minimum absolute atomic E-state index is 0.126. The molecule has 5 heteroatoms. The lowest BCUT2D eigenvalue weighted by Crippen LogP contribution is -2.44. The van der Waals surface area contributed by atoms with Crippen LogP contribution in [-0.2, 0) is 4.74 Å². The summed E-state index contributed by atoms with van der Waals surface area (Å²) in [5.41, 5.74) is 5.12. The molecule has 3 N–H and O–H groups in total. The summed E-state index contributed by atoms with van der Waals surface area (Å²) >= 11 is 0. The molecule has 14 heavy (non-hydrogen) atoms. The number of halogens is 2. The van der Waals surface area contributed by atoms with E-state index >= 15 is 0 Å². The average Bonchev–Trinajstić information content (AvgIpc) is 2.12. The molecule has 86 valence electrons. The van der Waals surface area contributed by atoms with E-state index in [1.54, 1.807) is 7.11 Å². The number of ether oxygens (including phenoxy) is 1. The van der Waals surface area contributed by atoms with Gasteiger partial charge in [0.25, 0.3) is 6.43 Å². The van der Waals surface area contributed by atoms with E-state index in [0.29, 0.717) is 13.0 Å². The third kappa shape index (κ3) is 6.23. The smallest absolute Gasteiger partial charge is 0.250 e. The van der Waals surface area contributed by atoms with Crippen molar-refractivity contribution in [3.63, 3.8) is 0 Å². The van der Waals surface area contributed by atoms with Gasteiger partial charge in [0, 0.05) is 19.7 Å². The second-order valence-electron chi connectivity index (χ2n) is 3.90. The van der Waals surface area contributed by atoms with Crippen LogP contribution in [0.1, 0.15) is 20.3 Å². The molecule has 1 unspecified atom stereocenters. The molecule has 0 rings (SSSR count). The molecule has 0 radical (unpaired) electrons. The molecule has 0 bridgehead atoms. The largest absolute Gasteiger partial charge is 0.379 e. The van der Waals surface area contributed by atoms with E-state index in [1.807, 2.05) is 13.8 Å². The van der Waals surface area contributed by atoms with E-state index in [-0.39, 0.29) is 18.2 Å². The maximum absolute atomic E-state index is 11.9. The van der Waals surface area contributed by atoms with Gasteiger partial charge in [-0.1, -0.05) is 0 Å². The molecular weight excluding hydrogens is 190 g/mol. The Balaban J connectivity index is 3.90. The predicted molar refractivity (Wildman–Crippen MR) is 52.6 cm³/mol. The SMILES string of the molecule is COC(C)(C)CC(CN)NCC(F)F. The maximum atomic E-state index is 11.9. The highest BCUT2D eigenvalue weighted by Crippen LogP contribution is 2.15. The minimum atomic E-state index is -2.34. The van der Waals surface area contributed by atoms with E-state index in [9.17, 15) is 8.78 Å². The molecule has 0 aliphatic rings. The summed E-state index contributed by atoms with van der Waals surface area (Å²) in [6, 6.07) is -0.126. The van der Waals surface area contributed by atoms with E-state index in [2.05, 4.69) is 5.32 Å². The van der Waals surface area contributed by atoms with Gasteiger partial charge in [0.2, 0.25) is 0 Å². The van der Waals surface area contributed by atoms with Crippen LogP contribution >= 0.6 is 0 Å². The number of hydrogen-bond donors (Lipinski definition) is 2. The second kappa shape index (κ2) is 6.27. The molecule has 3 nitrogen and oxygen atoms in total. The van der Waals surface area contributed by atoms with Crippen molar-refractivity contribution in [2.75, 3.05) is 20.2 Å². The van der Waals surface area contributed by atoms with Crippen molar-refractivity contribution >= 4 is 0 Å². The lowest BCUT2D eigenvalue weighted by molar-refractivity contribution is 0.00624. The summed E-state index contributed by atoms with van der Waals surface area (Å²) < 4.78 is 29.0. The zero-order valence-corrected chi connectivity index (χ0v) is 9.02. The molecule has 0 spiro atoms. The lowest BCUT2D eigenvalue weighted by Gasteiger charge is -2.28. The van der Waals surface area contributed by atoms with Gasteiger partial charge >= 0.3 is 0 Å². The molecule has 0 saturated heterocycles. The van der Waals surface area contributed by atoms with Crippen LogP contribution in [0.25, 0.3) is 0 Å². The van der Waals surface area contributed by atoms with Gasteiger partial charge in [0.15, 0.2) is 0 Å². The molecular formula is C9H20F2N2O. The first kappa shape index (κ1) is 13.7. The predicted octanol–water partition coefficient (Wildman–Crippen LogP) is 0.984. The fourth-order valence-corrected chi connectivity index (χ4v) is 1.17. The van der Waals surface area contributed by atoms with E-state index in [0.717, 1.165) is 0 Å². The highest BCUT2D eigenvalue weighted by Gasteiger charge is 2.22. The van der Waals surface area contributed by atoms with Crippen LogP contribution in [0, 0.1) is 0 Å². The molecule has 1 atom stereocenters. The van der Waals surface area contributed by atoms with Gasteiger partial charge in [-0.05, 0) is 20.3 Å². The van der Waals surface area contributed by atoms with Crippen molar-refractivity contribution < 1.29 is 13.5 Å². The molecule has 0 aliphatic heterocycles. The molecule has 0 aromatic carbocycles. The summed E-state index contributed by atoms with van der Waals surface area (Å²) in [4.78, 5) is 0. The van der Waals surface area contributed by atoms with E-state index in [1.165, 1.54) is 0 Å². The number of alkyl halides is 2. The van der Waals surface area contributed by atoms with Gasteiger partial charge < -0.3 is 15.8 Å². The fourth-order valence-electron chi connectivity index (χ4n) is 1.17. The lowest BCUT2D eigenvalue weighted by atomic mass is 9.99. The number of methoxy groups -OCH3 is 1. The van der Waals surface area contributed by atoms with Gasteiger partial charge in [0.05, 0.1) is 12.1 Å². The van der Waals surface area contributed by atoms with E-state index < -0.39 is 6.43 Å². The summed E-state index contributed by atoms with van der Waals surface area (Å²) in [5, 5.41) is 2.70. The van der Waals surface area contributed by atoms with Crippen LogP contribution < -0.4 is 11.1 Å². The molecule has 0 aromatic heterocycles. The van der Waals surface area contributed by atoms with Crippen molar-refractivity contribution in [1.29, 1.82) is 0 Å². The molecule has 0 aliphatic carbocycles. The zero-order chi connectivity index (χ0) is 11.2. The minimum Gasteiger partial charge on any atom is -0.379 e. The number of hydrogen-bond acceptors (Lipinski definition) is 3. The van der Waals surface area contributed by atoms with Gasteiger partial charge in [0.1, 0.15) is 0 Å². The van der Waals surface area contributed by atoms with Gasteiger partial charge in [-0.2, -0.15) is 0 Å². The molecule has 0 heterocycles. The normalized spacial score (nSPS) is 14.8. The molecule has 0 aromatic rings. The standard InChI is InChI=1S/C9H20F2N2O/c1-9(2,14-3)4-7(5-12)13-6-8(10)11/h7-8,13H,4-6,12H2,1-3H3. The summed E-state index contributed by atoms with van der Waals surface area (Å²) in [6.45, 7) is 3.82. The van der Waals surface area contributed by atoms with Gasteiger partial charge in [-0.25, -0.2) is 8.78 Å². The Hall–Kier alpha value is -0.260. The van der Waals surface area contributed by atoms with Gasteiger partial charge in [-0.3, -0.25) is 0 Å². The summed E-state index contributed by atoms with van der Waals surface area (Å²) in [7, 11) is 1.60. The number of nitrogens with two attached hydrogens (primary N) is 1. The maximum Gasteiger partial charge on any atom is 0.250 e. The highest BCUT2D eigenvalue weighted by atomic mass is 19.3. The second-order valence-corrected chi connectivity index (χ2v) is 3.90. The van der Waals surface area contributed by atoms with Crippen LogP contribution in [0.4, 0.5) is 8.78 Å². The first-order chi connectivity index (χ1) is 6.41. The number of nitrogens with one attached hydrogen (secondary N) is 1. The van der Waals surface area contributed by atoms with Crippen molar-refractivity contribution in [2.45, 2.75) is 38.3 Å². The van der Waals surface area contributed by atoms with Crippen molar-refractivity contribution in [1.82, 2.24) is 5.32 Å². The Morgan fingerprint density at radius 1 is 1.43 bits per heavy atom. The van der Waals surface area contributed by atoms with E-state index in [4.69, 9.17) is 10.5 Å². The van der Waals surface area contributed by atoms with Crippen LogP contribution in [0.2, 0.25) is 0 Å². The third-order valence-electron chi connectivity index (χ3n) is 2.14. The molecule has 0 amide bonds. The summed E-state index contributed by atoms with van der Waals surface area (Å²) in [5.74, 6) is 0. The Morgan fingerprint density at radius 2 is 2.00 bits per heavy atom. The highest BCUT2D eigenvalue weighted by molar-refractivity contribution is 4.79. The van der Waals surface area contributed by atoms with Crippen LogP contribution in [0.3, 0.4) is 0 Å². The first-order valence-electron chi connectivity index (χ1n) is 4.68. The topological polar surface area (TPSA) is 47.3 Å². The molecule has 0 fully saturated rings. The van der Waals surface area contributed by atoms with Crippen molar-refractivity contribution in [3.05, 3.63) is 0 Å². The van der Waals surface area contributed by atoms with Crippen LogP contribution in [-0.4, -0.2) is 38.3 Å². The fraction of sp³-hybridized carbons (Fsp3) is 1.00. The van der Waals surface area contributed by atoms with Crippen LogP contribution in [0.15, 0.2) is 0 Å². The third-order valence-corrected chi connectivity index (χ3v) is 2.14. The Morgan fingerprint density at radius 3 is 2.36 bits per heavy atom. The Labute approximate surface area is 84.0 Å². The van der Waals surface area contributed by atoms with Gasteiger partial charge in [-0.15, -0.1) is 0 Å². The monoisotopic (exact) mass is 210 g/mol.